The summed E-state index contributed by atoms with van der Waals surface area (Å²) in [5.74, 6) is 6.62. The molecule has 0 saturated heterocycles. The standard InChI is InChI=1S/C19H16N4O3S/c1-26-12-8-6-11(7-9-12)15(24)10-27-19-22-16-13-4-2-3-5-14(13)21-17(16)18(25)23(19)20/h2-9,21H,10,20H2,1H3. The first kappa shape index (κ1) is 17.2. The number of carbonyl (C=O) groups excluding carboxylic acids is 1. The Morgan fingerprint density at radius 1 is 1.22 bits per heavy atom. The normalized spacial score (nSPS) is 11.1. The van der Waals surface area contributed by atoms with Crippen LogP contribution in [0.15, 0.2) is 58.5 Å². The van der Waals surface area contributed by atoms with E-state index in [-0.39, 0.29) is 17.1 Å². The lowest BCUT2D eigenvalue weighted by molar-refractivity contribution is 0.102. The molecule has 27 heavy (non-hydrogen) atoms. The van der Waals surface area contributed by atoms with Crippen molar-refractivity contribution in [3.63, 3.8) is 0 Å². The summed E-state index contributed by atoms with van der Waals surface area (Å²) in [4.78, 5) is 32.5. The second-order valence-corrected chi connectivity index (χ2v) is 6.85. The zero-order valence-electron chi connectivity index (χ0n) is 14.4. The fraction of sp³-hybridized carbons (Fsp3) is 0.105. The van der Waals surface area contributed by atoms with Crippen molar-refractivity contribution < 1.29 is 9.53 Å². The minimum absolute atomic E-state index is 0.0871. The molecule has 0 radical (unpaired) electrons. The molecule has 0 amide bonds. The molecule has 0 aliphatic rings. The first-order valence-corrected chi connectivity index (χ1v) is 9.15. The number of nitrogens with one attached hydrogen (secondary N) is 1. The van der Waals surface area contributed by atoms with Gasteiger partial charge >= 0.3 is 0 Å². The predicted molar refractivity (Wildman–Crippen MR) is 106 cm³/mol. The number of benzene rings is 2. The molecule has 0 aliphatic heterocycles. The van der Waals surface area contributed by atoms with E-state index in [4.69, 9.17) is 10.6 Å². The molecule has 2 heterocycles. The Morgan fingerprint density at radius 2 is 1.96 bits per heavy atom. The summed E-state index contributed by atoms with van der Waals surface area (Å²) in [7, 11) is 1.57. The number of nitrogens with two attached hydrogens (primary N) is 1. The third-order valence-electron chi connectivity index (χ3n) is 4.27. The molecule has 0 atom stereocenters. The summed E-state index contributed by atoms with van der Waals surface area (Å²) < 4.78 is 6.07. The highest BCUT2D eigenvalue weighted by Crippen LogP contribution is 2.24. The van der Waals surface area contributed by atoms with E-state index in [0.29, 0.717) is 27.5 Å². The lowest BCUT2D eigenvalue weighted by atomic mass is 10.1. The van der Waals surface area contributed by atoms with Crippen LogP contribution in [0.5, 0.6) is 5.75 Å². The average molecular weight is 380 g/mol. The molecule has 136 valence electrons. The van der Waals surface area contributed by atoms with E-state index >= 15 is 0 Å². The fourth-order valence-corrected chi connectivity index (χ4v) is 3.65. The van der Waals surface area contributed by atoms with Crippen LogP contribution in [0.4, 0.5) is 0 Å². The quantitative estimate of drug-likeness (QED) is 0.239. The monoisotopic (exact) mass is 380 g/mol. The summed E-state index contributed by atoms with van der Waals surface area (Å²) in [5, 5.41) is 1.13. The van der Waals surface area contributed by atoms with Crippen LogP contribution in [0.2, 0.25) is 0 Å². The van der Waals surface area contributed by atoms with Crippen LogP contribution >= 0.6 is 11.8 Å². The Hall–Kier alpha value is -3.26. The van der Waals surface area contributed by atoms with Crippen LogP contribution in [0, 0.1) is 0 Å². The minimum atomic E-state index is -0.379. The summed E-state index contributed by atoms with van der Waals surface area (Å²) in [6, 6.07) is 14.4. The number of hydrogen-bond donors (Lipinski definition) is 2. The maximum Gasteiger partial charge on any atom is 0.296 e. The van der Waals surface area contributed by atoms with Crippen molar-refractivity contribution in [3.05, 3.63) is 64.4 Å². The molecule has 4 aromatic rings. The van der Waals surface area contributed by atoms with Gasteiger partial charge in [-0.1, -0.05) is 30.0 Å². The number of carbonyl (C=O) groups is 1. The summed E-state index contributed by atoms with van der Waals surface area (Å²) in [5.41, 5.74) is 1.90. The molecule has 0 unspecified atom stereocenters. The summed E-state index contributed by atoms with van der Waals surface area (Å²) in [6.07, 6.45) is 0. The number of rotatable bonds is 5. The fourth-order valence-electron chi connectivity index (χ4n) is 2.85. The molecule has 0 bridgehead atoms. The van der Waals surface area contributed by atoms with Crippen LogP contribution in [-0.4, -0.2) is 33.3 Å². The highest BCUT2D eigenvalue weighted by Gasteiger charge is 2.16. The van der Waals surface area contributed by atoms with Gasteiger partial charge in [0.15, 0.2) is 10.9 Å². The predicted octanol–water partition coefficient (Wildman–Crippen LogP) is 2.58. The first-order valence-electron chi connectivity index (χ1n) is 8.17. The van der Waals surface area contributed by atoms with Crippen molar-refractivity contribution in [1.82, 2.24) is 14.6 Å². The van der Waals surface area contributed by atoms with E-state index in [1.807, 2.05) is 24.3 Å². The van der Waals surface area contributed by atoms with Gasteiger partial charge in [-0.05, 0) is 30.3 Å². The first-order chi connectivity index (χ1) is 13.1. The Kier molecular flexibility index (Phi) is 4.33. The van der Waals surface area contributed by atoms with Gasteiger partial charge in [-0.3, -0.25) is 9.59 Å². The lowest BCUT2D eigenvalue weighted by Gasteiger charge is -2.07. The van der Waals surface area contributed by atoms with E-state index in [0.717, 1.165) is 27.3 Å². The van der Waals surface area contributed by atoms with E-state index in [2.05, 4.69) is 9.97 Å². The van der Waals surface area contributed by atoms with Crippen molar-refractivity contribution in [2.75, 3.05) is 18.7 Å². The molecule has 0 fully saturated rings. The number of aromatic amines is 1. The molecule has 2 aromatic heterocycles. The van der Waals surface area contributed by atoms with Crippen LogP contribution in [0.1, 0.15) is 10.4 Å². The Balaban J connectivity index is 1.65. The smallest absolute Gasteiger partial charge is 0.296 e. The highest BCUT2D eigenvalue weighted by molar-refractivity contribution is 7.99. The number of nitrogens with zero attached hydrogens (tertiary/aromatic N) is 2. The molecule has 2 aromatic carbocycles. The molecule has 8 heteroatoms. The van der Waals surface area contributed by atoms with E-state index in [1.54, 1.807) is 31.4 Å². The molecule has 3 N–H and O–H groups in total. The van der Waals surface area contributed by atoms with Gasteiger partial charge in [0.1, 0.15) is 16.8 Å². The van der Waals surface area contributed by atoms with Gasteiger partial charge < -0.3 is 15.6 Å². The zero-order chi connectivity index (χ0) is 19.0. The Labute approximate surface area is 158 Å². The second-order valence-electron chi connectivity index (χ2n) is 5.90. The van der Waals surface area contributed by atoms with Gasteiger partial charge in [0.25, 0.3) is 5.56 Å². The van der Waals surface area contributed by atoms with Crippen LogP contribution in [0.25, 0.3) is 21.9 Å². The van der Waals surface area contributed by atoms with Gasteiger partial charge in [-0.25, -0.2) is 9.66 Å². The van der Waals surface area contributed by atoms with E-state index < -0.39 is 0 Å². The Morgan fingerprint density at radius 3 is 2.70 bits per heavy atom. The second kappa shape index (κ2) is 6.81. The number of nitrogen functional groups attached to an aromatic ring is 1. The molecule has 0 saturated carbocycles. The number of thioether (sulfide) groups is 1. The molecule has 0 spiro atoms. The minimum Gasteiger partial charge on any atom is -0.497 e. The SMILES string of the molecule is COc1ccc(C(=O)CSc2nc3c([nH]c4ccccc43)c(=O)n2N)cc1. The summed E-state index contributed by atoms with van der Waals surface area (Å²) >= 11 is 1.13. The van der Waals surface area contributed by atoms with E-state index in [9.17, 15) is 9.59 Å². The maximum atomic E-state index is 12.6. The average Bonchev–Trinajstić information content (AvgIpc) is 3.08. The number of ketones is 1. The van der Waals surface area contributed by atoms with Gasteiger partial charge in [0.05, 0.1) is 12.9 Å². The zero-order valence-corrected chi connectivity index (χ0v) is 15.2. The van der Waals surface area contributed by atoms with Gasteiger partial charge in [0.2, 0.25) is 0 Å². The van der Waals surface area contributed by atoms with Gasteiger partial charge in [-0.2, -0.15) is 0 Å². The number of aromatic nitrogens is 3. The topological polar surface area (TPSA) is 103 Å². The summed E-state index contributed by atoms with van der Waals surface area (Å²) in [6.45, 7) is 0. The van der Waals surface area contributed by atoms with Gasteiger partial charge in [-0.15, -0.1) is 0 Å². The number of hydrogen-bond acceptors (Lipinski definition) is 6. The molecule has 0 aliphatic carbocycles. The number of Topliss-reactive ketones (excluding diaryl/α,β-unsaturated/α-hetero) is 1. The maximum absolute atomic E-state index is 12.6. The number of ether oxygens (including phenoxy) is 1. The number of H-pyrrole nitrogens is 1. The van der Waals surface area contributed by atoms with Crippen molar-refractivity contribution in [1.29, 1.82) is 0 Å². The third kappa shape index (κ3) is 3.04. The Bertz CT molecular complexity index is 1210. The van der Waals surface area contributed by atoms with Crippen molar-refractivity contribution in [2.45, 2.75) is 5.16 Å². The van der Waals surface area contributed by atoms with Gasteiger partial charge in [0, 0.05) is 16.5 Å². The van der Waals surface area contributed by atoms with Crippen LogP contribution < -0.4 is 16.1 Å². The number of methoxy groups -OCH3 is 1. The lowest BCUT2D eigenvalue weighted by Crippen LogP contribution is -2.30. The highest BCUT2D eigenvalue weighted by atomic mass is 32.2. The van der Waals surface area contributed by atoms with Crippen LogP contribution in [0.3, 0.4) is 0 Å². The van der Waals surface area contributed by atoms with Crippen molar-refractivity contribution >= 4 is 39.5 Å². The van der Waals surface area contributed by atoms with E-state index in [1.165, 1.54) is 0 Å². The third-order valence-corrected chi connectivity index (χ3v) is 5.22. The largest absolute Gasteiger partial charge is 0.497 e. The molecular formula is C19H16N4O3S. The number of para-hydroxylation sites is 1. The van der Waals surface area contributed by atoms with Crippen molar-refractivity contribution in [3.8, 4) is 5.75 Å². The molecule has 4 rings (SSSR count). The van der Waals surface area contributed by atoms with Crippen LogP contribution in [-0.2, 0) is 0 Å². The molecular weight excluding hydrogens is 364 g/mol. The van der Waals surface area contributed by atoms with Crippen molar-refractivity contribution in [2.24, 2.45) is 0 Å². The number of fused-ring (bicyclic) bond motifs is 3. The molecule has 7 nitrogen and oxygen atoms in total.